The Morgan fingerprint density at radius 3 is 2.50 bits per heavy atom. The van der Waals surface area contributed by atoms with Crippen LogP contribution in [-0.2, 0) is 16.0 Å². The van der Waals surface area contributed by atoms with E-state index in [1.165, 1.54) is 6.08 Å². The van der Waals surface area contributed by atoms with Gasteiger partial charge in [0, 0.05) is 41.5 Å². The number of hydrogen-bond donors (Lipinski definition) is 2. The Morgan fingerprint density at radius 2 is 1.84 bits per heavy atom. The minimum Gasteiger partial charge on any atom is -0.495 e. The van der Waals surface area contributed by atoms with Crippen molar-refractivity contribution >= 4 is 52.1 Å². The van der Waals surface area contributed by atoms with E-state index in [1.807, 2.05) is 18.2 Å². The van der Waals surface area contributed by atoms with E-state index in [2.05, 4.69) is 33.1 Å². The molecule has 198 valence electrons. The number of hydrogen-bond acceptors (Lipinski definition) is 6. The van der Waals surface area contributed by atoms with Gasteiger partial charge >= 0.3 is 0 Å². The molecule has 0 radical (unpaired) electrons. The number of carbonyl (C=O) groups is 1. The van der Waals surface area contributed by atoms with Crippen molar-refractivity contribution < 1.29 is 19.0 Å². The van der Waals surface area contributed by atoms with Crippen LogP contribution in [0.15, 0.2) is 36.9 Å². The smallest absolute Gasteiger partial charge is 0.247 e. The predicted molar refractivity (Wildman–Crippen MR) is 152 cm³/mol. The maximum absolute atomic E-state index is 12.2. The Balaban J connectivity index is 1.58. The van der Waals surface area contributed by atoms with Crippen LogP contribution in [0.5, 0.6) is 11.5 Å². The number of halogens is 2. The van der Waals surface area contributed by atoms with E-state index in [0.29, 0.717) is 58.9 Å². The summed E-state index contributed by atoms with van der Waals surface area (Å²) in [5.74, 6) is 0.693. The highest BCUT2D eigenvalue weighted by atomic mass is 35.5. The van der Waals surface area contributed by atoms with Crippen molar-refractivity contribution in [2.24, 2.45) is 0 Å². The molecule has 8 nitrogen and oxygen atoms in total. The number of nitrogens with one attached hydrogen (secondary N) is 2. The molecule has 0 atom stereocenters. The van der Waals surface area contributed by atoms with Crippen LogP contribution in [0, 0.1) is 0 Å². The number of methoxy groups -OCH3 is 2. The third-order valence-electron chi connectivity index (χ3n) is 6.83. The summed E-state index contributed by atoms with van der Waals surface area (Å²) in [6.45, 7) is 6.54. The van der Waals surface area contributed by atoms with Gasteiger partial charge < -0.3 is 24.4 Å². The number of H-pyrrole nitrogens is 1. The summed E-state index contributed by atoms with van der Waals surface area (Å²) in [6.07, 6.45) is 4.63. The molecular formula is C28H28Cl2N4O4. The fraction of sp³-hybridized carbons (Fsp3) is 0.286. The molecule has 5 rings (SSSR count). The van der Waals surface area contributed by atoms with Gasteiger partial charge in [-0.25, -0.2) is 0 Å². The minimum absolute atomic E-state index is 0.284. The number of fused-ring (bicyclic) bond motifs is 1. The molecule has 2 heterocycles. The van der Waals surface area contributed by atoms with E-state index in [4.69, 9.17) is 37.4 Å². The number of benzene rings is 2. The molecule has 1 aliphatic carbocycles. The first-order valence-corrected chi connectivity index (χ1v) is 13.0. The number of anilines is 2. The first-order chi connectivity index (χ1) is 18.4. The first-order valence-electron chi connectivity index (χ1n) is 12.2. The lowest BCUT2D eigenvalue weighted by Crippen LogP contribution is -2.36. The predicted octanol–water partition coefficient (Wildman–Crippen LogP) is 5.85. The van der Waals surface area contributed by atoms with Crippen molar-refractivity contribution in [3.8, 4) is 22.8 Å². The Bertz CT molecular complexity index is 1400. The maximum Gasteiger partial charge on any atom is 0.247 e. The van der Waals surface area contributed by atoms with Gasteiger partial charge in [0.15, 0.2) is 0 Å². The molecule has 2 aliphatic rings. The topological polar surface area (TPSA) is 88.7 Å². The standard InChI is InChI=1S/C28H28Cl2N4O4/c1-4-24(35)31-20-8-6-17(34-9-11-38-12-10-34)14-19(20)28-18-7-5-16(13-21(18)32-33-28)25-26(29)22(36-2)15-23(37-3)27(25)30/h4,6,8,13-15H,1,5,7,9-12H2,2-3H3,(H,31,35)(H,32,33). The van der Waals surface area contributed by atoms with Crippen LogP contribution in [0.2, 0.25) is 10.0 Å². The quantitative estimate of drug-likeness (QED) is 0.356. The fourth-order valence-electron chi connectivity index (χ4n) is 4.88. The number of aromatic nitrogens is 2. The van der Waals surface area contributed by atoms with Crippen LogP contribution in [0.3, 0.4) is 0 Å². The largest absolute Gasteiger partial charge is 0.495 e. The zero-order valence-electron chi connectivity index (χ0n) is 21.2. The molecule has 1 aliphatic heterocycles. The highest BCUT2D eigenvalue weighted by Crippen LogP contribution is 2.47. The number of nitrogens with zero attached hydrogens (tertiary/aromatic N) is 2. The van der Waals surface area contributed by atoms with Crippen LogP contribution in [0.4, 0.5) is 11.4 Å². The average molecular weight is 555 g/mol. The first kappa shape index (κ1) is 26.2. The average Bonchev–Trinajstić information content (AvgIpc) is 3.37. The Kier molecular flexibility index (Phi) is 7.65. The monoisotopic (exact) mass is 554 g/mol. The molecule has 1 fully saturated rings. The van der Waals surface area contributed by atoms with Gasteiger partial charge in [-0.05, 0) is 48.8 Å². The second-order valence-electron chi connectivity index (χ2n) is 8.94. The zero-order chi connectivity index (χ0) is 26.8. The van der Waals surface area contributed by atoms with Crippen LogP contribution >= 0.6 is 23.2 Å². The van der Waals surface area contributed by atoms with E-state index in [0.717, 1.165) is 46.9 Å². The van der Waals surface area contributed by atoms with Gasteiger partial charge in [-0.15, -0.1) is 0 Å². The second kappa shape index (κ2) is 11.1. The molecular weight excluding hydrogens is 527 g/mol. The van der Waals surface area contributed by atoms with Gasteiger partial charge in [0.1, 0.15) is 11.5 Å². The number of amides is 1. The zero-order valence-corrected chi connectivity index (χ0v) is 22.7. The van der Waals surface area contributed by atoms with Crippen molar-refractivity contribution in [2.75, 3.05) is 50.7 Å². The summed E-state index contributed by atoms with van der Waals surface area (Å²) >= 11 is 13.4. The van der Waals surface area contributed by atoms with E-state index >= 15 is 0 Å². The Morgan fingerprint density at radius 1 is 1.13 bits per heavy atom. The van der Waals surface area contributed by atoms with Crippen LogP contribution in [0.1, 0.15) is 23.2 Å². The molecule has 0 saturated carbocycles. The van der Waals surface area contributed by atoms with Crippen molar-refractivity contribution in [2.45, 2.75) is 12.8 Å². The van der Waals surface area contributed by atoms with Crippen molar-refractivity contribution in [3.05, 3.63) is 63.8 Å². The van der Waals surface area contributed by atoms with Crippen LogP contribution in [-0.4, -0.2) is 56.6 Å². The van der Waals surface area contributed by atoms with Crippen LogP contribution < -0.4 is 19.7 Å². The fourth-order valence-corrected chi connectivity index (χ4v) is 5.63. The summed E-state index contributed by atoms with van der Waals surface area (Å²) in [6, 6.07) is 7.66. The third-order valence-corrected chi connectivity index (χ3v) is 7.59. The molecule has 3 aromatic rings. The SMILES string of the molecule is C=CC(=O)Nc1ccc(N2CCOCC2)cc1-c1n[nH]c2c1CCC(c1c(Cl)c(OC)cc(OC)c1Cl)=C2. The molecule has 1 amide bonds. The lowest BCUT2D eigenvalue weighted by atomic mass is 9.89. The molecule has 0 spiro atoms. The normalized spacial score (nSPS) is 14.9. The maximum atomic E-state index is 12.2. The van der Waals surface area contributed by atoms with Gasteiger partial charge in [0.2, 0.25) is 5.91 Å². The minimum atomic E-state index is -0.284. The van der Waals surface area contributed by atoms with Crippen LogP contribution in [0.25, 0.3) is 22.9 Å². The molecule has 1 aromatic heterocycles. The molecule has 1 saturated heterocycles. The summed E-state index contributed by atoms with van der Waals surface area (Å²) < 4.78 is 16.4. The highest BCUT2D eigenvalue weighted by Gasteiger charge is 2.26. The Hall–Kier alpha value is -3.46. The summed E-state index contributed by atoms with van der Waals surface area (Å²) in [4.78, 5) is 14.5. The van der Waals surface area contributed by atoms with Gasteiger partial charge in [0.05, 0.1) is 54.6 Å². The number of morpholine rings is 1. The Labute approximate surface area is 231 Å². The lowest BCUT2D eigenvalue weighted by molar-refractivity contribution is -0.111. The number of rotatable bonds is 7. The van der Waals surface area contributed by atoms with E-state index in [-0.39, 0.29) is 5.91 Å². The lowest BCUT2D eigenvalue weighted by Gasteiger charge is -2.29. The van der Waals surface area contributed by atoms with Gasteiger partial charge in [0.25, 0.3) is 0 Å². The molecule has 38 heavy (non-hydrogen) atoms. The summed E-state index contributed by atoms with van der Waals surface area (Å²) in [5, 5.41) is 11.6. The van der Waals surface area contributed by atoms with E-state index in [9.17, 15) is 4.79 Å². The van der Waals surface area contributed by atoms with Gasteiger partial charge in [-0.3, -0.25) is 9.89 Å². The number of allylic oxidation sites excluding steroid dienone is 1. The number of ether oxygens (including phenoxy) is 3. The third kappa shape index (κ3) is 4.87. The highest BCUT2D eigenvalue weighted by molar-refractivity contribution is 6.39. The number of carbonyl (C=O) groups excluding carboxylic acids is 1. The van der Waals surface area contributed by atoms with Crippen molar-refractivity contribution in [1.82, 2.24) is 10.2 Å². The van der Waals surface area contributed by atoms with Crippen molar-refractivity contribution in [1.29, 1.82) is 0 Å². The second-order valence-corrected chi connectivity index (χ2v) is 9.70. The molecule has 2 N–H and O–H groups in total. The molecule has 2 aromatic carbocycles. The van der Waals surface area contributed by atoms with Crippen molar-refractivity contribution in [3.63, 3.8) is 0 Å². The van der Waals surface area contributed by atoms with E-state index in [1.54, 1.807) is 20.3 Å². The molecule has 0 bridgehead atoms. The van der Waals surface area contributed by atoms with Gasteiger partial charge in [-0.1, -0.05) is 29.8 Å². The molecule has 0 unspecified atom stereocenters. The van der Waals surface area contributed by atoms with E-state index < -0.39 is 0 Å². The summed E-state index contributed by atoms with van der Waals surface area (Å²) in [5.41, 5.74) is 6.85. The van der Waals surface area contributed by atoms with Gasteiger partial charge in [-0.2, -0.15) is 5.10 Å². The number of aromatic amines is 1. The summed E-state index contributed by atoms with van der Waals surface area (Å²) in [7, 11) is 3.11. The molecule has 10 heteroatoms.